The van der Waals surface area contributed by atoms with E-state index in [-0.39, 0.29) is 24.1 Å². The minimum absolute atomic E-state index is 0.0348. The number of carbonyl (C=O) groups excluding carboxylic acids is 2. The van der Waals surface area contributed by atoms with Crippen molar-refractivity contribution >= 4 is 11.9 Å². The Morgan fingerprint density at radius 1 is 0.810 bits per heavy atom. The minimum atomic E-state index is -0.101. The largest absolute Gasteiger partial charge is 0.462 e. The molecule has 2 saturated heterocycles. The molecular formula is C15H24O6. The molecule has 2 aliphatic rings. The van der Waals surface area contributed by atoms with Crippen molar-refractivity contribution < 1.29 is 28.5 Å². The van der Waals surface area contributed by atoms with E-state index in [4.69, 9.17) is 18.9 Å². The van der Waals surface area contributed by atoms with Crippen LogP contribution in [0.1, 0.15) is 44.9 Å². The molecule has 2 rings (SSSR count). The van der Waals surface area contributed by atoms with E-state index in [1.54, 1.807) is 0 Å². The first-order chi connectivity index (χ1) is 10.2. The lowest BCUT2D eigenvalue weighted by molar-refractivity contribution is -0.142. The van der Waals surface area contributed by atoms with Crippen LogP contribution in [-0.2, 0) is 28.5 Å². The van der Waals surface area contributed by atoms with Crippen molar-refractivity contribution in [2.75, 3.05) is 26.4 Å². The highest BCUT2D eigenvalue weighted by Crippen LogP contribution is 2.18. The molecule has 0 spiro atoms. The van der Waals surface area contributed by atoms with Crippen LogP contribution in [-0.4, -0.2) is 50.6 Å². The normalized spacial score (nSPS) is 25.1. The summed E-state index contributed by atoms with van der Waals surface area (Å²) in [6.45, 7) is 2.38. The summed E-state index contributed by atoms with van der Waals surface area (Å²) >= 11 is 0. The highest BCUT2D eigenvalue weighted by atomic mass is 16.6. The molecule has 6 heteroatoms. The molecular weight excluding hydrogens is 276 g/mol. The molecule has 0 aliphatic carbocycles. The molecule has 2 heterocycles. The molecule has 0 saturated carbocycles. The van der Waals surface area contributed by atoms with Crippen LogP contribution in [0.5, 0.6) is 0 Å². The zero-order chi connectivity index (χ0) is 14.9. The van der Waals surface area contributed by atoms with Gasteiger partial charge in [0.2, 0.25) is 0 Å². The molecule has 2 aliphatic heterocycles. The number of ether oxygens (including phenoxy) is 4. The van der Waals surface area contributed by atoms with E-state index in [9.17, 15) is 9.59 Å². The van der Waals surface area contributed by atoms with E-state index in [0.29, 0.717) is 39.3 Å². The van der Waals surface area contributed by atoms with Gasteiger partial charge in [0.15, 0.2) is 0 Å². The van der Waals surface area contributed by atoms with E-state index in [1.165, 1.54) is 0 Å². The molecule has 0 N–H and O–H groups in total. The van der Waals surface area contributed by atoms with Gasteiger partial charge in [-0.05, 0) is 25.7 Å². The second kappa shape index (κ2) is 9.00. The van der Waals surface area contributed by atoms with Gasteiger partial charge in [-0.1, -0.05) is 0 Å². The Labute approximate surface area is 125 Å². The summed E-state index contributed by atoms with van der Waals surface area (Å²) in [5.74, 6) is -0.182. The van der Waals surface area contributed by atoms with E-state index >= 15 is 0 Å². The third-order valence-corrected chi connectivity index (χ3v) is 3.71. The third-order valence-electron chi connectivity index (χ3n) is 3.71. The summed E-state index contributed by atoms with van der Waals surface area (Å²) in [5.41, 5.74) is 0. The van der Waals surface area contributed by atoms with Gasteiger partial charge in [-0.2, -0.15) is 0 Å². The highest BCUT2D eigenvalue weighted by Gasteiger charge is 2.23. The Morgan fingerprint density at radius 3 is 1.95 bits per heavy atom. The van der Waals surface area contributed by atoms with Crippen LogP contribution in [0, 0.1) is 0 Å². The topological polar surface area (TPSA) is 71.1 Å². The monoisotopic (exact) mass is 300 g/mol. The van der Waals surface area contributed by atoms with E-state index in [1.807, 2.05) is 0 Å². The third kappa shape index (κ3) is 6.44. The Kier molecular flexibility index (Phi) is 6.95. The van der Waals surface area contributed by atoms with Crippen LogP contribution in [0.2, 0.25) is 0 Å². The Morgan fingerprint density at radius 2 is 1.38 bits per heavy atom. The molecule has 120 valence electrons. The van der Waals surface area contributed by atoms with Crippen LogP contribution >= 0.6 is 0 Å². The Balaban J connectivity index is 1.32. The van der Waals surface area contributed by atoms with Crippen LogP contribution < -0.4 is 0 Å². The summed E-state index contributed by atoms with van der Waals surface area (Å²) in [7, 11) is 0. The van der Waals surface area contributed by atoms with E-state index < -0.39 is 0 Å². The molecule has 6 nitrogen and oxygen atoms in total. The first kappa shape index (κ1) is 16.2. The molecule has 0 aromatic rings. The summed E-state index contributed by atoms with van der Waals surface area (Å²) in [5, 5.41) is 0. The summed E-state index contributed by atoms with van der Waals surface area (Å²) in [6, 6.07) is 0. The lowest BCUT2D eigenvalue weighted by Gasteiger charge is -2.10. The Hall–Kier alpha value is -1.14. The average Bonchev–Trinajstić information content (AvgIpc) is 3.06. The SMILES string of the molecule is O=C1CCC(CCCOCCOCCC2CCC(=O)O2)O1. The van der Waals surface area contributed by atoms with Gasteiger partial charge < -0.3 is 18.9 Å². The average molecular weight is 300 g/mol. The van der Waals surface area contributed by atoms with Gasteiger partial charge in [-0.3, -0.25) is 9.59 Å². The first-order valence-electron chi connectivity index (χ1n) is 7.78. The lowest BCUT2D eigenvalue weighted by atomic mass is 10.1. The maximum absolute atomic E-state index is 10.9. The van der Waals surface area contributed by atoms with Crippen molar-refractivity contribution in [3.8, 4) is 0 Å². The van der Waals surface area contributed by atoms with Gasteiger partial charge in [-0.25, -0.2) is 0 Å². The fourth-order valence-electron chi connectivity index (χ4n) is 2.52. The number of hydrogen-bond donors (Lipinski definition) is 0. The number of hydrogen-bond acceptors (Lipinski definition) is 6. The van der Waals surface area contributed by atoms with Gasteiger partial charge in [0, 0.05) is 25.9 Å². The van der Waals surface area contributed by atoms with Gasteiger partial charge >= 0.3 is 11.9 Å². The maximum Gasteiger partial charge on any atom is 0.306 e. The van der Waals surface area contributed by atoms with Crippen molar-refractivity contribution in [3.63, 3.8) is 0 Å². The van der Waals surface area contributed by atoms with Crippen LogP contribution in [0.15, 0.2) is 0 Å². The van der Waals surface area contributed by atoms with Crippen LogP contribution in [0.25, 0.3) is 0 Å². The molecule has 2 fully saturated rings. The standard InChI is InChI=1S/C15H24O6/c16-14-5-3-12(20-14)2-1-8-18-10-11-19-9-7-13-4-6-15(17)21-13/h12-13H,1-11H2. The molecule has 0 amide bonds. The van der Waals surface area contributed by atoms with Gasteiger partial charge in [0.25, 0.3) is 0 Å². The Bertz CT molecular complexity index is 311. The first-order valence-corrected chi connectivity index (χ1v) is 7.78. The highest BCUT2D eigenvalue weighted by molar-refractivity contribution is 5.71. The van der Waals surface area contributed by atoms with Crippen LogP contribution in [0.4, 0.5) is 0 Å². The molecule has 2 unspecified atom stereocenters. The van der Waals surface area contributed by atoms with E-state index in [2.05, 4.69) is 0 Å². The summed E-state index contributed by atoms with van der Waals surface area (Å²) in [4.78, 5) is 21.8. The van der Waals surface area contributed by atoms with E-state index in [0.717, 1.165) is 32.1 Å². The quantitative estimate of drug-likeness (QED) is 0.451. The second-order valence-electron chi connectivity index (χ2n) is 5.46. The summed E-state index contributed by atoms with van der Waals surface area (Å²) in [6.07, 6.45) is 5.39. The zero-order valence-electron chi connectivity index (χ0n) is 12.4. The second-order valence-corrected chi connectivity index (χ2v) is 5.46. The van der Waals surface area contributed by atoms with Gasteiger partial charge in [0.05, 0.1) is 19.8 Å². The van der Waals surface area contributed by atoms with Crippen molar-refractivity contribution in [1.29, 1.82) is 0 Å². The fourth-order valence-corrected chi connectivity index (χ4v) is 2.52. The maximum atomic E-state index is 10.9. The molecule has 0 bridgehead atoms. The predicted octanol–water partition coefficient (Wildman–Crippen LogP) is 1.60. The number of cyclic esters (lactones) is 2. The number of esters is 2. The molecule has 21 heavy (non-hydrogen) atoms. The lowest BCUT2D eigenvalue weighted by Crippen LogP contribution is -2.13. The minimum Gasteiger partial charge on any atom is -0.462 e. The molecule has 0 aromatic heterocycles. The number of rotatable bonds is 10. The molecule has 0 radical (unpaired) electrons. The summed E-state index contributed by atoms with van der Waals surface area (Å²) < 4.78 is 21.1. The van der Waals surface area contributed by atoms with Crippen molar-refractivity contribution in [2.45, 2.75) is 57.2 Å². The van der Waals surface area contributed by atoms with Crippen molar-refractivity contribution in [2.24, 2.45) is 0 Å². The van der Waals surface area contributed by atoms with Crippen molar-refractivity contribution in [3.05, 3.63) is 0 Å². The number of carbonyl (C=O) groups is 2. The van der Waals surface area contributed by atoms with Crippen LogP contribution in [0.3, 0.4) is 0 Å². The van der Waals surface area contributed by atoms with Crippen molar-refractivity contribution in [1.82, 2.24) is 0 Å². The smallest absolute Gasteiger partial charge is 0.306 e. The predicted molar refractivity (Wildman–Crippen MR) is 73.7 cm³/mol. The van der Waals surface area contributed by atoms with Gasteiger partial charge in [0.1, 0.15) is 12.2 Å². The fraction of sp³-hybridized carbons (Fsp3) is 0.867. The molecule has 2 atom stereocenters. The zero-order valence-corrected chi connectivity index (χ0v) is 12.4. The van der Waals surface area contributed by atoms with Gasteiger partial charge in [-0.15, -0.1) is 0 Å². The molecule has 0 aromatic carbocycles.